The summed E-state index contributed by atoms with van der Waals surface area (Å²) in [4.78, 5) is 5.16. The minimum Gasteiger partial charge on any atom is -0.369 e. The number of benzene rings is 2. The third kappa shape index (κ3) is 5.31. The molecule has 6 heteroatoms. The molecule has 0 radical (unpaired) electrons. The minimum absolute atomic E-state index is 0.349. The highest BCUT2D eigenvalue weighted by Crippen LogP contribution is 2.16. The summed E-state index contributed by atoms with van der Waals surface area (Å²) in [6.07, 6.45) is 0.815. The summed E-state index contributed by atoms with van der Waals surface area (Å²) < 4.78 is 27.6. The Morgan fingerprint density at radius 1 is 0.926 bits per heavy atom. The Bertz CT molecular complexity index is 845. The van der Waals surface area contributed by atoms with Gasteiger partial charge < -0.3 is 4.90 Å². The van der Waals surface area contributed by atoms with Crippen molar-refractivity contribution in [1.82, 2.24) is 9.62 Å². The summed E-state index contributed by atoms with van der Waals surface area (Å²) in [5.41, 5.74) is 3.37. The van der Waals surface area contributed by atoms with E-state index >= 15 is 0 Å². The Morgan fingerprint density at radius 3 is 2.30 bits per heavy atom. The van der Waals surface area contributed by atoms with Gasteiger partial charge in [-0.3, -0.25) is 4.90 Å². The standard InChI is InChI=1S/C21H29N3O2S/c1-18-9-10-21(17-19(18)2)27(25,26)22-11-6-12-23-13-15-24(16-14-23)20-7-4-3-5-8-20/h3-5,7-10,17,22H,6,11-16H2,1-2H3. The zero-order chi connectivity index (χ0) is 19.3. The molecule has 1 aliphatic heterocycles. The number of anilines is 1. The molecule has 0 unspecified atom stereocenters. The Balaban J connectivity index is 1.41. The Hall–Kier alpha value is -1.89. The first kappa shape index (κ1) is 19.9. The molecular weight excluding hydrogens is 358 g/mol. The molecular formula is C21H29N3O2S. The molecule has 0 saturated carbocycles. The van der Waals surface area contributed by atoms with E-state index in [-0.39, 0.29) is 0 Å². The zero-order valence-corrected chi connectivity index (χ0v) is 17.0. The maximum Gasteiger partial charge on any atom is 0.240 e. The van der Waals surface area contributed by atoms with Gasteiger partial charge >= 0.3 is 0 Å². The van der Waals surface area contributed by atoms with Crippen LogP contribution in [0, 0.1) is 13.8 Å². The average molecular weight is 388 g/mol. The first-order valence-electron chi connectivity index (χ1n) is 9.55. The van der Waals surface area contributed by atoms with Gasteiger partial charge in [0.25, 0.3) is 0 Å². The third-order valence-electron chi connectivity index (χ3n) is 5.23. The fourth-order valence-electron chi connectivity index (χ4n) is 3.34. The van der Waals surface area contributed by atoms with Crippen LogP contribution >= 0.6 is 0 Å². The molecule has 0 atom stereocenters. The van der Waals surface area contributed by atoms with Crippen molar-refractivity contribution >= 4 is 15.7 Å². The van der Waals surface area contributed by atoms with Gasteiger partial charge in [0.15, 0.2) is 0 Å². The van der Waals surface area contributed by atoms with Gasteiger partial charge in [-0.1, -0.05) is 24.3 Å². The van der Waals surface area contributed by atoms with E-state index in [1.807, 2.05) is 26.0 Å². The number of hydrogen-bond donors (Lipinski definition) is 1. The molecule has 1 aliphatic rings. The quantitative estimate of drug-likeness (QED) is 0.743. The molecule has 0 amide bonds. The van der Waals surface area contributed by atoms with Gasteiger partial charge in [-0.15, -0.1) is 0 Å². The number of aryl methyl sites for hydroxylation is 2. The summed E-state index contributed by atoms with van der Waals surface area (Å²) in [6.45, 7) is 9.35. The van der Waals surface area contributed by atoms with Gasteiger partial charge in [0.2, 0.25) is 10.0 Å². The number of piperazine rings is 1. The second kappa shape index (κ2) is 8.87. The molecule has 1 N–H and O–H groups in total. The van der Waals surface area contributed by atoms with Crippen LogP contribution in [-0.4, -0.2) is 52.6 Å². The molecule has 3 rings (SSSR count). The van der Waals surface area contributed by atoms with Crippen LogP contribution in [0.1, 0.15) is 17.5 Å². The van der Waals surface area contributed by atoms with Crippen LogP contribution in [-0.2, 0) is 10.0 Å². The molecule has 1 saturated heterocycles. The Labute approximate surface area is 163 Å². The third-order valence-corrected chi connectivity index (χ3v) is 6.68. The van der Waals surface area contributed by atoms with Crippen LogP contribution in [0.4, 0.5) is 5.69 Å². The lowest BCUT2D eigenvalue weighted by molar-refractivity contribution is 0.255. The zero-order valence-electron chi connectivity index (χ0n) is 16.2. The summed E-state index contributed by atoms with van der Waals surface area (Å²) >= 11 is 0. The normalized spacial score (nSPS) is 15.9. The van der Waals surface area contributed by atoms with Gasteiger partial charge in [-0.05, 0) is 62.2 Å². The maximum atomic E-state index is 12.4. The molecule has 0 spiro atoms. The fraction of sp³-hybridized carbons (Fsp3) is 0.429. The van der Waals surface area contributed by atoms with Crippen molar-refractivity contribution in [2.45, 2.75) is 25.2 Å². The molecule has 0 aromatic heterocycles. The summed E-state index contributed by atoms with van der Waals surface area (Å²) in [5.74, 6) is 0. The largest absolute Gasteiger partial charge is 0.369 e. The molecule has 2 aromatic rings. The van der Waals surface area contributed by atoms with E-state index in [2.05, 4.69) is 38.8 Å². The average Bonchev–Trinajstić information content (AvgIpc) is 2.68. The minimum atomic E-state index is -3.42. The van der Waals surface area contributed by atoms with E-state index in [0.29, 0.717) is 11.4 Å². The number of para-hydroxylation sites is 1. The van der Waals surface area contributed by atoms with Crippen LogP contribution in [0.3, 0.4) is 0 Å². The van der Waals surface area contributed by atoms with E-state index in [1.165, 1.54) is 5.69 Å². The van der Waals surface area contributed by atoms with Gasteiger partial charge in [0, 0.05) is 38.4 Å². The molecule has 0 bridgehead atoms. The highest BCUT2D eigenvalue weighted by atomic mass is 32.2. The molecule has 27 heavy (non-hydrogen) atoms. The van der Waals surface area contributed by atoms with Crippen LogP contribution in [0.25, 0.3) is 0 Å². The summed E-state index contributed by atoms with van der Waals surface area (Å²) in [7, 11) is -3.42. The van der Waals surface area contributed by atoms with Crippen molar-refractivity contribution in [2.24, 2.45) is 0 Å². The molecule has 5 nitrogen and oxygen atoms in total. The predicted molar refractivity (Wildman–Crippen MR) is 111 cm³/mol. The van der Waals surface area contributed by atoms with Crippen LogP contribution in [0.5, 0.6) is 0 Å². The highest BCUT2D eigenvalue weighted by Gasteiger charge is 2.17. The van der Waals surface area contributed by atoms with E-state index in [0.717, 1.165) is 50.3 Å². The van der Waals surface area contributed by atoms with Gasteiger partial charge in [-0.25, -0.2) is 13.1 Å². The number of sulfonamides is 1. The van der Waals surface area contributed by atoms with Crippen molar-refractivity contribution in [1.29, 1.82) is 0 Å². The first-order chi connectivity index (χ1) is 13.0. The van der Waals surface area contributed by atoms with E-state index in [1.54, 1.807) is 12.1 Å². The Morgan fingerprint density at radius 2 is 1.63 bits per heavy atom. The van der Waals surface area contributed by atoms with Crippen molar-refractivity contribution in [3.05, 3.63) is 59.7 Å². The second-order valence-corrected chi connectivity index (χ2v) is 8.93. The molecule has 1 fully saturated rings. The summed E-state index contributed by atoms with van der Waals surface area (Å²) in [6, 6.07) is 15.8. The van der Waals surface area contributed by atoms with E-state index < -0.39 is 10.0 Å². The van der Waals surface area contributed by atoms with Gasteiger partial charge in [0.05, 0.1) is 4.90 Å². The van der Waals surface area contributed by atoms with Gasteiger partial charge in [-0.2, -0.15) is 0 Å². The Kier molecular flexibility index (Phi) is 6.52. The molecule has 146 valence electrons. The molecule has 1 heterocycles. The van der Waals surface area contributed by atoms with Crippen molar-refractivity contribution in [3.8, 4) is 0 Å². The molecule has 0 aliphatic carbocycles. The second-order valence-electron chi connectivity index (χ2n) is 7.16. The maximum absolute atomic E-state index is 12.4. The highest BCUT2D eigenvalue weighted by molar-refractivity contribution is 7.89. The molecule has 2 aromatic carbocycles. The monoisotopic (exact) mass is 387 g/mol. The number of nitrogens with one attached hydrogen (secondary N) is 1. The van der Waals surface area contributed by atoms with Crippen LogP contribution < -0.4 is 9.62 Å². The van der Waals surface area contributed by atoms with Crippen LogP contribution in [0.15, 0.2) is 53.4 Å². The lowest BCUT2D eigenvalue weighted by Gasteiger charge is -2.36. The predicted octanol–water partition coefficient (Wildman–Crippen LogP) is 2.79. The van der Waals surface area contributed by atoms with Crippen molar-refractivity contribution in [2.75, 3.05) is 44.2 Å². The summed E-state index contributed by atoms with van der Waals surface area (Å²) in [5, 5.41) is 0. The smallest absolute Gasteiger partial charge is 0.240 e. The fourth-order valence-corrected chi connectivity index (χ4v) is 4.50. The van der Waals surface area contributed by atoms with E-state index in [4.69, 9.17) is 0 Å². The first-order valence-corrected chi connectivity index (χ1v) is 11.0. The van der Waals surface area contributed by atoms with Crippen molar-refractivity contribution in [3.63, 3.8) is 0 Å². The van der Waals surface area contributed by atoms with Crippen molar-refractivity contribution < 1.29 is 8.42 Å². The lowest BCUT2D eigenvalue weighted by Crippen LogP contribution is -2.47. The lowest BCUT2D eigenvalue weighted by atomic mass is 10.1. The topological polar surface area (TPSA) is 52.7 Å². The van der Waals surface area contributed by atoms with E-state index in [9.17, 15) is 8.42 Å². The number of rotatable bonds is 7. The van der Waals surface area contributed by atoms with Gasteiger partial charge in [0.1, 0.15) is 0 Å². The SMILES string of the molecule is Cc1ccc(S(=O)(=O)NCCCN2CCN(c3ccccc3)CC2)cc1C. The number of hydrogen-bond acceptors (Lipinski definition) is 4. The number of nitrogens with zero attached hydrogens (tertiary/aromatic N) is 2. The van der Waals surface area contributed by atoms with Crippen LogP contribution in [0.2, 0.25) is 0 Å².